The molecule has 0 aliphatic carbocycles. The molecule has 2 aromatic rings. The van der Waals surface area contributed by atoms with Crippen LogP contribution in [0.15, 0.2) is 36.4 Å². The lowest BCUT2D eigenvalue weighted by molar-refractivity contribution is -0.154. The van der Waals surface area contributed by atoms with Crippen molar-refractivity contribution in [1.29, 1.82) is 0 Å². The highest BCUT2D eigenvalue weighted by Gasteiger charge is 2.30. The van der Waals surface area contributed by atoms with Crippen LogP contribution in [0.4, 0.5) is 0 Å². The maximum atomic E-state index is 12.5. The number of carboxylic acid groups (broad SMARTS) is 1. The summed E-state index contributed by atoms with van der Waals surface area (Å²) in [5, 5.41) is 9.67. The Hall–Kier alpha value is -1.89. The van der Waals surface area contributed by atoms with Crippen LogP contribution in [0.5, 0.6) is 0 Å². The molecule has 5 nitrogen and oxygen atoms in total. The second-order valence-corrected chi connectivity index (χ2v) is 6.64. The number of morpholine rings is 1. The molecule has 1 saturated heterocycles. The van der Waals surface area contributed by atoms with Crippen LogP contribution in [0.2, 0.25) is 5.02 Å². The highest BCUT2D eigenvalue weighted by molar-refractivity contribution is 7.17. The first-order chi connectivity index (χ1) is 11.0. The minimum absolute atomic E-state index is 0.0718. The number of hydrogen-bond acceptors (Lipinski definition) is 4. The Morgan fingerprint density at radius 3 is 2.65 bits per heavy atom. The lowest BCUT2D eigenvalue weighted by Crippen LogP contribution is -2.48. The normalized spacial score (nSPS) is 18.0. The van der Waals surface area contributed by atoms with E-state index in [1.54, 1.807) is 18.2 Å². The third kappa shape index (κ3) is 3.55. The zero-order valence-corrected chi connectivity index (χ0v) is 13.6. The van der Waals surface area contributed by atoms with Crippen LogP contribution in [0.1, 0.15) is 9.67 Å². The molecule has 0 radical (unpaired) electrons. The molecule has 7 heteroatoms. The number of carboxylic acids is 1. The van der Waals surface area contributed by atoms with Crippen LogP contribution in [0.25, 0.3) is 10.4 Å². The molecule has 1 N–H and O–H groups in total. The zero-order chi connectivity index (χ0) is 16.4. The van der Waals surface area contributed by atoms with E-state index >= 15 is 0 Å². The van der Waals surface area contributed by atoms with Gasteiger partial charge in [-0.25, -0.2) is 4.79 Å². The molecule has 120 valence electrons. The first-order valence-electron chi connectivity index (χ1n) is 7.04. The third-order valence-electron chi connectivity index (χ3n) is 3.57. The van der Waals surface area contributed by atoms with Crippen LogP contribution in [-0.4, -0.2) is 47.7 Å². The summed E-state index contributed by atoms with van der Waals surface area (Å²) >= 11 is 7.26. The molecule has 1 aliphatic heterocycles. The van der Waals surface area contributed by atoms with E-state index in [1.807, 2.05) is 18.2 Å². The predicted octanol–water partition coefficient (Wildman–Crippen LogP) is 2.99. The average Bonchev–Trinajstić information content (AvgIpc) is 3.05. The molecule has 23 heavy (non-hydrogen) atoms. The number of aliphatic carboxylic acids is 1. The molecular weight excluding hydrogens is 338 g/mol. The van der Waals surface area contributed by atoms with E-state index in [-0.39, 0.29) is 19.1 Å². The van der Waals surface area contributed by atoms with Gasteiger partial charge in [0.05, 0.1) is 18.0 Å². The lowest BCUT2D eigenvalue weighted by atomic mass is 10.2. The minimum Gasteiger partial charge on any atom is -0.479 e. The standard InChI is InChI=1S/C16H14ClNO4S/c17-11-3-1-10(2-4-11)13-5-6-14(23-13)15(19)18-7-8-22-12(9-18)16(20)21/h1-6,12H,7-9H2,(H,20,21). The SMILES string of the molecule is O=C(O)C1CN(C(=O)c2ccc(-c3ccc(Cl)cc3)s2)CCO1. The van der Waals surface area contributed by atoms with Crippen LogP contribution >= 0.6 is 22.9 Å². The Morgan fingerprint density at radius 2 is 1.96 bits per heavy atom. The number of carbonyl (C=O) groups excluding carboxylic acids is 1. The molecule has 2 heterocycles. The van der Waals surface area contributed by atoms with Gasteiger partial charge in [0.15, 0.2) is 6.10 Å². The van der Waals surface area contributed by atoms with Crippen LogP contribution in [0, 0.1) is 0 Å². The van der Waals surface area contributed by atoms with Crippen molar-refractivity contribution in [1.82, 2.24) is 4.90 Å². The summed E-state index contributed by atoms with van der Waals surface area (Å²) in [5.41, 5.74) is 0.990. The molecule has 1 fully saturated rings. The van der Waals surface area contributed by atoms with Gasteiger partial charge in [0.25, 0.3) is 5.91 Å². The predicted molar refractivity (Wildman–Crippen MR) is 88.0 cm³/mol. The summed E-state index contributed by atoms with van der Waals surface area (Å²) < 4.78 is 5.14. The molecule has 1 aliphatic rings. The van der Waals surface area contributed by atoms with Crippen LogP contribution in [-0.2, 0) is 9.53 Å². The number of benzene rings is 1. The summed E-state index contributed by atoms with van der Waals surface area (Å²) in [5.74, 6) is -1.21. The fourth-order valence-electron chi connectivity index (χ4n) is 2.36. The summed E-state index contributed by atoms with van der Waals surface area (Å²) in [7, 11) is 0. The van der Waals surface area contributed by atoms with Crippen molar-refractivity contribution < 1.29 is 19.4 Å². The summed E-state index contributed by atoms with van der Waals surface area (Å²) in [6, 6.07) is 11.1. The van der Waals surface area contributed by atoms with Crippen molar-refractivity contribution in [2.24, 2.45) is 0 Å². The molecule has 0 bridgehead atoms. The van der Waals surface area contributed by atoms with E-state index in [2.05, 4.69) is 0 Å². The van der Waals surface area contributed by atoms with Crippen molar-refractivity contribution in [2.75, 3.05) is 19.7 Å². The monoisotopic (exact) mass is 351 g/mol. The molecule has 1 aromatic carbocycles. The van der Waals surface area contributed by atoms with Gasteiger partial charge in [0.2, 0.25) is 0 Å². The van der Waals surface area contributed by atoms with E-state index in [4.69, 9.17) is 21.4 Å². The first kappa shape index (κ1) is 16.0. The Balaban J connectivity index is 1.75. The maximum Gasteiger partial charge on any atom is 0.334 e. The van der Waals surface area contributed by atoms with E-state index in [1.165, 1.54) is 16.2 Å². The number of halogens is 1. The van der Waals surface area contributed by atoms with Crippen molar-refractivity contribution in [3.63, 3.8) is 0 Å². The quantitative estimate of drug-likeness (QED) is 0.923. The minimum atomic E-state index is -1.05. The number of carbonyl (C=O) groups is 2. The van der Waals surface area contributed by atoms with Gasteiger partial charge in [-0.2, -0.15) is 0 Å². The van der Waals surface area contributed by atoms with Crippen molar-refractivity contribution in [2.45, 2.75) is 6.10 Å². The fraction of sp³-hybridized carbons (Fsp3) is 0.250. The van der Waals surface area contributed by atoms with E-state index in [0.29, 0.717) is 16.4 Å². The van der Waals surface area contributed by atoms with Gasteiger partial charge in [0, 0.05) is 16.4 Å². The molecular formula is C16H14ClNO4S. The van der Waals surface area contributed by atoms with Gasteiger partial charge < -0.3 is 14.7 Å². The van der Waals surface area contributed by atoms with Gasteiger partial charge in [-0.15, -0.1) is 11.3 Å². The number of nitrogens with zero attached hydrogens (tertiary/aromatic N) is 1. The highest BCUT2D eigenvalue weighted by Crippen LogP contribution is 2.30. The molecule has 0 saturated carbocycles. The van der Waals surface area contributed by atoms with Crippen molar-refractivity contribution in [3.05, 3.63) is 46.3 Å². The summed E-state index contributed by atoms with van der Waals surface area (Å²) in [4.78, 5) is 26.6. The largest absolute Gasteiger partial charge is 0.479 e. The van der Waals surface area contributed by atoms with Crippen molar-refractivity contribution >= 4 is 34.8 Å². The lowest BCUT2D eigenvalue weighted by Gasteiger charge is -2.30. The second-order valence-electron chi connectivity index (χ2n) is 5.12. The van der Waals surface area contributed by atoms with Crippen LogP contribution < -0.4 is 0 Å². The topological polar surface area (TPSA) is 66.8 Å². The smallest absolute Gasteiger partial charge is 0.334 e. The summed E-state index contributed by atoms with van der Waals surface area (Å²) in [6.07, 6.45) is -0.955. The second kappa shape index (κ2) is 6.70. The number of ether oxygens (including phenoxy) is 1. The number of thiophene rings is 1. The van der Waals surface area contributed by atoms with Gasteiger partial charge in [-0.3, -0.25) is 4.79 Å². The van der Waals surface area contributed by atoms with Gasteiger partial charge >= 0.3 is 5.97 Å². The average molecular weight is 352 g/mol. The van der Waals surface area contributed by atoms with E-state index in [9.17, 15) is 9.59 Å². The van der Waals surface area contributed by atoms with E-state index < -0.39 is 12.1 Å². The van der Waals surface area contributed by atoms with E-state index in [0.717, 1.165) is 10.4 Å². The third-order valence-corrected chi connectivity index (χ3v) is 4.95. The van der Waals surface area contributed by atoms with Crippen LogP contribution in [0.3, 0.4) is 0 Å². The maximum absolute atomic E-state index is 12.5. The van der Waals surface area contributed by atoms with Gasteiger partial charge in [0.1, 0.15) is 0 Å². The molecule has 1 unspecified atom stereocenters. The Bertz CT molecular complexity index is 728. The Kier molecular flexibility index (Phi) is 4.66. The highest BCUT2D eigenvalue weighted by atomic mass is 35.5. The first-order valence-corrected chi connectivity index (χ1v) is 8.23. The van der Waals surface area contributed by atoms with Gasteiger partial charge in [-0.1, -0.05) is 23.7 Å². The molecule has 0 spiro atoms. The molecule has 1 amide bonds. The summed E-state index contributed by atoms with van der Waals surface area (Å²) in [6.45, 7) is 0.706. The molecule has 1 atom stereocenters. The zero-order valence-electron chi connectivity index (χ0n) is 12.1. The fourth-order valence-corrected chi connectivity index (χ4v) is 3.47. The molecule has 3 rings (SSSR count). The number of amides is 1. The van der Waals surface area contributed by atoms with Gasteiger partial charge in [-0.05, 0) is 29.8 Å². The Labute approximate surface area is 142 Å². The van der Waals surface area contributed by atoms with Crippen molar-refractivity contribution in [3.8, 4) is 10.4 Å². The Morgan fingerprint density at radius 1 is 1.22 bits per heavy atom. The number of hydrogen-bond donors (Lipinski definition) is 1. The number of rotatable bonds is 3. The molecule has 1 aromatic heterocycles.